The molecule has 2 atom stereocenters. The number of ketones is 1. The third-order valence-corrected chi connectivity index (χ3v) is 7.01. The van der Waals surface area contributed by atoms with Crippen molar-refractivity contribution in [2.45, 2.75) is 24.8 Å². The number of rotatable bonds is 4. The molecule has 0 radical (unpaired) electrons. The van der Waals surface area contributed by atoms with Gasteiger partial charge >= 0.3 is 0 Å². The standard InChI is InChI=1S/C27H25BrN2O3/c1-32-24-15-19(28)25(33-2)14-18(24)27-26-22(29-20-10-6-7-11-21(20)30-27)12-17(13-23(26)31)16-8-4-3-5-9-16/h3-11,14-15,17,27,29-30H,12-13H2,1-2H3. The van der Waals surface area contributed by atoms with Crippen molar-refractivity contribution >= 4 is 33.1 Å². The molecule has 2 unspecified atom stereocenters. The van der Waals surface area contributed by atoms with Crippen molar-refractivity contribution in [3.8, 4) is 11.5 Å². The van der Waals surface area contributed by atoms with Gasteiger partial charge in [0.15, 0.2) is 5.78 Å². The van der Waals surface area contributed by atoms with Gasteiger partial charge in [-0.1, -0.05) is 42.5 Å². The fourth-order valence-corrected chi connectivity index (χ4v) is 5.28. The Kier molecular flexibility index (Phi) is 5.85. The Morgan fingerprint density at radius 1 is 0.879 bits per heavy atom. The van der Waals surface area contributed by atoms with E-state index in [0.29, 0.717) is 17.9 Å². The third kappa shape index (κ3) is 4.00. The molecule has 0 saturated carbocycles. The Bertz CT molecular complexity index is 1240. The van der Waals surface area contributed by atoms with E-state index in [4.69, 9.17) is 9.47 Å². The highest BCUT2D eigenvalue weighted by Gasteiger charge is 2.37. The summed E-state index contributed by atoms with van der Waals surface area (Å²) in [4.78, 5) is 13.7. The number of benzene rings is 3. The van der Waals surface area contributed by atoms with E-state index < -0.39 is 0 Å². The first-order valence-corrected chi connectivity index (χ1v) is 11.7. The molecule has 2 aliphatic rings. The van der Waals surface area contributed by atoms with E-state index >= 15 is 0 Å². The number of nitrogens with one attached hydrogen (secondary N) is 2. The van der Waals surface area contributed by atoms with Crippen LogP contribution in [-0.2, 0) is 4.79 Å². The SMILES string of the molecule is COc1cc(C2Nc3ccccc3NC3=C2C(=O)CC(c2ccccc2)C3)c(OC)cc1Br. The number of carbonyl (C=O) groups is 1. The summed E-state index contributed by atoms with van der Waals surface area (Å²) in [5.41, 5.74) is 5.63. The number of methoxy groups -OCH3 is 2. The highest BCUT2D eigenvalue weighted by Crippen LogP contribution is 2.47. The van der Waals surface area contributed by atoms with Crippen LogP contribution in [0.15, 0.2) is 82.5 Å². The van der Waals surface area contributed by atoms with E-state index in [9.17, 15) is 4.79 Å². The molecule has 1 aliphatic carbocycles. The number of allylic oxidation sites excluding steroid dienone is 1. The number of anilines is 2. The maximum atomic E-state index is 13.7. The number of hydrogen-bond acceptors (Lipinski definition) is 5. The summed E-state index contributed by atoms with van der Waals surface area (Å²) >= 11 is 3.55. The van der Waals surface area contributed by atoms with Gasteiger partial charge in [0.2, 0.25) is 0 Å². The summed E-state index contributed by atoms with van der Waals surface area (Å²) < 4.78 is 12.1. The number of ether oxygens (including phenoxy) is 2. The lowest BCUT2D eigenvalue weighted by Crippen LogP contribution is -2.27. The molecule has 0 spiro atoms. The fraction of sp³-hybridized carbons (Fsp3) is 0.222. The van der Waals surface area contributed by atoms with Gasteiger partial charge in [-0.2, -0.15) is 0 Å². The zero-order chi connectivity index (χ0) is 22.9. The largest absolute Gasteiger partial charge is 0.496 e. The zero-order valence-electron chi connectivity index (χ0n) is 18.5. The number of fused-ring (bicyclic) bond motifs is 1. The first kappa shape index (κ1) is 21.6. The summed E-state index contributed by atoms with van der Waals surface area (Å²) in [6, 6.07) is 21.8. The molecule has 0 saturated heterocycles. The molecular weight excluding hydrogens is 480 g/mol. The lowest BCUT2D eigenvalue weighted by molar-refractivity contribution is -0.116. The van der Waals surface area contributed by atoms with Gasteiger partial charge in [-0.05, 0) is 58.1 Å². The topological polar surface area (TPSA) is 59.6 Å². The van der Waals surface area contributed by atoms with Crippen molar-refractivity contribution in [2.24, 2.45) is 0 Å². The van der Waals surface area contributed by atoms with Crippen LogP contribution in [0, 0.1) is 0 Å². The van der Waals surface area contributed by atoms with Crippen LogP contribution in [0.5, 0.6) is 11.5 Å². The number of hydrogen-bond donors (Lipinski definition) is 2. The third-order valence-electron chi connectivity index (χ3n) is 6.40. The van der Waals surface area contributed by atoms with Crippen molar-refractivity contribution in [3.05, 3.63) is 93.6 Å². The summed E-state index contributed by atoms with van der Waals surface area (Å²) in [6.45, 7) is 0. The second-order valence-electron chi connectivity index (χ2n) is 8.31. The van der Waals surface area contributed by atoms with Crippen molar-refractivity contribution in [1.29, 1.82) is 0 Å². The van der Waals surface area contributed by atoms with E-state index in [1.165, 1.54) is 5.56 Å². The smallest absolute Gasteiger partial charge is 0.163 e. The van der Waals surface area contributed by atoms with E-state index in [1.54, 1.807) is 14.2 Å². The molecule has 1 heterocycles. The van der Waals surface area contributed by atoms with E-state index in [0.717, 1.165) is 39.1 Å². The second kappa shape index (κ2) is 8.94. The van der Waals surface area contributed by atoms with Crippen molar-refractivity contribution in [3.63, 3.8) is 0 Å². The monoisotopic (exact) mass is 504 g/mol. The van der Waals surface area contributed by atoms with Gasteiger partial charge in [0, 0.05) is 23.3 Å². The Balaban J connectivity index is 1.67. The first-order chi connectivity index (χ1) is 16.1. The Labute approximate surface area is 201 Å². The van der Waals surface area contributed by atoms with Crippen LogP contribution in [-0.4, -0.2) is 20.0 Å². The minimum atomic E-state index is -0.377. The van der Waals surface area contributed by atoms with Gasteiger partial charge in [-0.25, -0.2) is 0 Å². The maximum Gasteiger partial charge on any atom is 0.163 e. The van der Waals surface area contributed by atoms with Gasteiger partial charge in [-0.15, -0.1) is 0 Å². The molecular formula is C27H25BrN2O3. The lowest BCUT2D eigenvalue weighted by Gasteiger charge is -2.30. The zero-order valence-corrected chi connectivity index (χ0v) is 20.1. The molecule has 5 rings (SSSR count). The normalized spacial score (nSPS) is 19.5. The molecule has 0 amide bonds. The van der Waals surface area contributed by atoms with Crippen molar-refractivity contribution in [2.75, 3.05) is 24.9 Å². The molecule has 0 bridgehead atoms. The van der Waals surface area contributed by atoms with Gasteiger partial charge in [0.05, 0.1) is 36.1 Å². The van der Waals surface area contributed by atoms with E-state index in [-0.39, 0.29) is 17.7 Å². The first-order valence-electron chi connectivity index (χ1n) is 10.9. The molecule has 6 heteroatoms. The molecule has 0 aromatic heterocycles. The summed E-state index contributed by atoms with van der Waals surface area (Å²) in [5, 5.41) is 7.20. The predicted octanol–water partition coefficient (Wildman–Crippen LogP) is 6.45. The maximum absolute atomic E-state index is 13.7. The predicted molar refractivity (Wildman–Crippen MR) is 134 cm³/mol. The minimum Gasteiger partial charge on any atom is -0.496 e. The fourth-order valence-electron chi connectivity index (χ4n) is 4.80. The number of Topliss-reactive ketones (excluding diaryl/α,β-unsaturated/α-hetero) is 1. The van der Waals surface area contributed by atoms with Crippen LogP contribution in [0.2, 0.25) is 0 Å². The second-order valence-corrected chi connectivity index (χ2v) is 9.16. The van der Waals surface area contributed by atoms with Crippen LogP contribution < -0.4 is 20.1 Å². The van der Waals surface area contributed by atoms with Gasteiger partial charge in [-0.3, -0.25) is 4.79 Å². The molecule has 5 nitrogen and oxygen atoms in total. The van der Waals surface area contributed by atoms with Gasteiger partial charge < -0.3 is 20.1 Å². The molecule has 2 N–H and O–H groups in total. The highest BCUT2D eigenvalue weighted by atomic mass is 79.9. The molecule has 1 aliphatic heterocycles. The van der Waals surface area contributed by atoms with Crippen LogP contribution in [0.25, 0.3) is 0 Å². The summed E-state index contributed by atoms with van der Waals surface area (Å²) in [7, 11) is 3.28. The average Bonchev–Trinajstić information content (AvgIpc) is 3.01. The minimum absolute atomic E-state index is 0.131. The van der Waals surface area contributed by atoms with Crippen molar-refractivity contribution in [1.82, 2.24) is 0 Å². The lowest BCUT2D eigenvalue weighted by atomic mass is 9.78. The summed E-state index contributed by atoms with van der Waals surface area (Å²) in [5.74, 6) is 1.64. The molecule has 168 valence electrons. The van der Waals surface area contributed by atoms with E-state index in [1.807, 2.05) is 54.6 Å². The molecule has 33 heavy (non-hydrogen) atoms. The van der Waals surface area contributed by atoms with Crippen LogP contribution in [0.1, 0.15) is 35.9 Å². The van der Waals surface area contributed by atoms with Crippen LogP contribution in [0.3, 0.4) is 0 Å². The highest BCUT2D eigenvalue weighted by molar-refractivity contribution is 9.10. The molecule has 0 fully saturated rings. The number of halogens is 1. The van der Waals surface area contributed by atoms with Gasteiger partial charge in [0.1, 0.15) is 11.5 Å². The average molecular weight is 505 g/mol. The number of carbonyl (C=O) groups excluding carboxylic acids is 1. The van der Waals surface area contributed by atoms with Crippen LogP contribution in [0.4, 0.5) is 11.4 Å². The van der Waals surface area contributed by atoms with E-state index in [2.05, 4.69) is 38.7 Å². The molecule has 3 aromatic carbocycles. The van der Waals surface area contributed by atoms with Crippen LogP contribution >= 0.6 is 15.9 Å². The van der Waals surface area contributed by atoms with Gasteiger partial charge in [0.25, 0.3) is 0 Å². The molecule has 3 aromatic rings. The summed E-state index contributed by atoms with van der Waals surface area (Å²) in [6.07, 6.45) is 1.22. The Morgan fingerprint density at radius 3 is 2.30 bits per heavy atom. The van der Waals surface area contributed by atoms with Crippen molar-refractivity contribution < 1.29 is 14.3 Å². The quantitative estimate of drug-likeness (QED) is 0.427. The number of para-hydroxylation sites is 2. The Morgan fingerprint density at radius 2 is 1.58 bits per heavy atom. The Hall–Kier alpha value is -3.25.